The van der Waals surface area contributed by atoms with Crippen LogP contribution in [-0.2, 0) is 4.79 Å². The molecule has 0 atom stereocenters. The van der Waals surface area contributed by atoms with Crippen LogP contribution >= 0.6 is 0 Å². The van der Waals surface area contributed by atoms with Gasteiger partial charge < -0.3 is 14.2 Å². The molecule has 1 amide bonds. The monoisotopic (exact) mass is 378 g/mol. The maximum absolute atomic E-state index is 12.1. The van der Waals surface area contributed by atoms with Crippen LogP contribution in [0, 0.1) is 0 Å². The minimum atomic E-state index is -0.356. The Hall–Kier alpha value is -3.54. The smallest absolute Gasteiger partial charge is 0.277 e. The van der Waals surface area contributed by atoms with Gasteiger partial charge in [-0.15, -0.1) is 0 Å². The van der Waals surface area contributed by atoms with Gasteiger partial charge in [0.15, 0.2) is 18.1 Å². The summed E-state index contributed by atoms with van der Waals surface area (Å²) in [5.74, 6) is 1.49. The van der Waals surface area contributed by atoms with Crippen LogP contribution in [0.4, 0.5) is 0 Å². The van der Waals surface area contributed by atoms with Crippen molar-refractivity contribution in [3.8, 4) is 17.2 Å². The normalized spacial score (nSPS) is 10.8. The Balaban J connectivity index is 1.61. The van der Waals surface area contributed by atoms with Gasteiger partial charge in [-0.2, -0.15) is 5.10 Å². The summed E-state index contributed by atoms with van der Waals surface area (Å²) in [4.78, 5) is 12.1. The molecular formula is C22H22N2O4. The average Bonchev–Trinajstić information content (AvgIpc) is 2.73. The second-order valence-electron chi connectivity index (χ2n) is 5.87. The minimum Gasteiger partial charge on any atom is -0.493 e. The third kappa shape index (κ3) is 4.59. The standard InChI is InChI=1S/C22H22N2O4/c1-3-27-22-17(10-7-13-20(22)26-2)14-23-24-21(25)15-28-19-12-6-9-16-8-4-5-11-18(16)19/h4-14H,3,15H2,1-2H3,(H,24,25)/b23-14+. The summed E-state index contributed by atoms with van der Waals surface area (Å²) in [6, 6.07) is 19.0. The highest BCUT2D eigenvalue weighted by Crippen LogP contribution is 2.30. The molecule has 0 aliphatic carbocycles. The Bertz CT molecular complexity index is 980. The lowest BCUT2D eigenvalue weighted by Gasteiger charge is -2.11. The van der Waals surface area contributed by atoms with E-state index in [4.69, 9.17) is 14.2 Å². The molecule has 1 N–H and O–H groups in total. The number of carbonyl (C=O) groups is 1. The number of hydrogen-bond donors (Lipinski definition) is 1. The lowest BCUT2D eigenvalue weighted by molar-refractivity contribution is -0.123. The molecule has 0 aliphatic rings. The molecule has 3 aromatic carbocycles. The van der Waals surface area contributed by atoms with Crippen molar-refractivity contribution in [3.05, 3.63) is 66.2 Å². The van der Waals surface area contributed by atoms with Gasteiger partial charge in [0.1, 0.15) is 5.75 Å². The quantitative estimate of drug-likeness (QED) is 0.478. The highest BCUT2D eigenvalue weighted by molar-refractivity contribution is 5.89. The van der Waals surface area contributed by atoms with Gasteiger partial charge in [-0.05, 0) is 30.5 Å². The average molecular weight is 378 g/mol. The van der Waals surface area contributed by atoms with Crippen LogP contribution in [0.3, 0.4) is 0 Å². The first-order valence-electron chi connectivity index (χ1n) is 8.95. The number of nitrogens with one attached hydrogen (secondary N) is 1. The number of fused-ring (bicyclic) bond motifs is 1. The van der Waals surface area contributed by atoms with Gasteiger partial charge in [0.2, 0.25) is 0 Å². The number of para-hydroxylation sites is 1. The number of amides is 1. The molecule has 6 heteroatoms. The molecule has 0 unspecified atom stereocenters. The fourth-order valence-electron chi connectivity index (χ4n) is 2.76. The number of hydrazone groups is 1. The molecule has 0 saturated carbocycles. The largest absolute Gasteiger partial charge is 0.493 e. The first-order chi connectivity index (χ1) is 13.7. The molecule has 0 radical (unpaired) electrons. The van der Waals surface area contributed by atoms with E-state index in [0.717, 1.165) is 10.8 Å². The summed E-state index contributed by atoms with van der Waals surface area (Å²) in [6.07, 6.45) is 1.52. The SMILES string of the molecule is CCOc1c(/C=N/NC(=O)COc2cccc3ccccc23)cccc1OC. The number of hydrogen-bond acceptors (Lipinski definition) is 5. The Morgan fingerprint density at radius 2 is 1.75 bits per heavy atom. The number of ether oxygens (including phenoxy) is 3. The van der Waals surface area contributed by atoms with E-state index >= 15 is 0 Å². The number of carbonyl (C=O) groups excluding carboxylic acids is 1. The Kier molecular flexibility index (Phi) is 6.46. The molecular weight excluding hydrogens is 356 g/mol. The van der Waals surface area contributed by atoms with E-state index in [9.17, 15) is 4.79 Å². The number of methoxy groups -OCH3 is 1. The topological polar surface area (TPSA) is 69.2 Å². The highest BCUT2D eigenvalue weighted by atomic mass is 16.5. The number of nitrogens with zero attached hydrogens (tertiary/aromatic N) is 1. The number of rotatable bonds is 8. The van der Waals surface area contributed by atoms with E-state index in [1.807, 2.05) is 61.5 Å². The van der Waals surface area contributed by atoms with Gasteiger partial charge in [-0.25, -0.2) is 5.43 Å². The summed E-state index contributed by atoms with van der Waals surface area (Å²) in [5, 5.41) is 6.01. The van der Waals surface area contributed by atoms with Crippen molar-refractivity contribution in [2.75, 3.05) is 20.3 Å². The molecule has 28 heavy (non-hydrogen) atoms. The summed E-state index contributed by atoms with van der Waals surface area (Å²) in [6.45, 7) is 2.24. The zero-order valence-electron chi connectivity index (χ0n) is 15.8. The van der Waals surface area contributed by atoms with Crippen molar-refractivity contribution in [1.29, 1.82) is 0 Å². The predicted octanol–water partition coefficient (Wildman–Crippen LogP) is 3.78. The van der Waals surface area contributed by atoms with Gasteiger partial charge in [0.25, 0.3) is 5.91 Å². The lowest BCUT2D eigenvalue weighted by Crippen LogP contribution is -2.24. The van der Waals surface area contributed by atoms with Crippen LogP contribution in [0.5, 0.6) is 17.2 Å². The highest BCUT2D eigenvalue weighted by Gasteiger charge is 2.09. The van der Waals surface area contributed by atoms with Crippen molar-refractivity contribution >= 4 is 22.9 Å². The van der Waals surface area contributed by atoms with Gasteiger partial charge in [-0.1, -0.05) is 42.5 Å². The maximum atomic E-state index is 12.1. The Labute approximate surface area is 163 Å². The molecule has 0 fully saturated rings. The second kappa shape index (κ2) is 9.41. The molecule has 144 valence electrons. The van der Waals surface area contributed by atoms with Crippen molar-refractivity contribution in [2.45, 2.75) is 6.92 Å². The zero-order valence-corrected chi connectivity index (χ0v) is 15.8. The fraction of sp³-hybridized carbons (Fsp3) is 0.182. The molecule has 0 bridgehead atoms. The zero-order chi connectivity index (χ0) is 19.8. The molecule has 0 saturated heterocycles. The van der Waals surface area contributed by atoms with E-state index in [0.29, 0.717) is 29.4 Å². The van der Waals surface area contributed by atoms with E-state index in [2.05, 4.69) is 10.5 Å². The summed E-state index contributed by atoms with van der Waals surface area (Å²) >= 11 is 0. The van der Waals surface area contributed by atoms with Crippen molar-refractivity contribution in [3.63, 3.8) is 0 Å². The third-order valence-corrected chi connectivity index (χ3v) is 4.02. The third-order valence-electron chi connectivity index (χ3n) is 4.02. The molecule has 3 rings (SSSR count). The predicted molar refractivity (Wildman–Crippen MR) is 109 cm³/mol. The summed E-state index contributed by atoms with van der Waals surface area (Å²) < 4.78 is 16.6. The number of benzene rings is 3. The fourth-order valence-corrected chi connectivity index (χ4v) is 2.76. The van der Waals surface area contributed by atoms with Crippen LogP contribution in [0.15, 0.2) is 65.8 Å². The summed E-state index contributed by atoms with van der Waals surface area (Å²) in [7, 11) is 1.57. The molecule has 0 aromatic heterocycles. The van der Waals surface area contributed by atoms with Crippen LogP contribution < -0.4 is 19.6 Å². The Morgan fingerprint density at radius 3 is 2.57 bits per heavy atom. The van der Waals surface area contributed by atoms with Crippen molar-refractivity contribution < 1.29 is 19.0 Å². The van der Waals surface area contributed by atoms with E-state index in [-0.39, 0.29) is 12.5 Å². The minimum absolute atomic E-state index is 0.137. The first-order valence-corrected chi connectivity index (χ1v) is 8.95. The maximum Gasteiger partial charge on any atom is 0.277 e. The van der Waals surface area contributed by atoms with E-state index < -0.39 is 0 Å². The van der Waals surface area contributed by atoms with Crippen LogP contribution in [0.2, 0.25) is 0 Å². The lowest BCUT2D eigenvalue weighted by atomic mass is 10.1. The van der Waals surface area contributed by atoms with Crippen LogP contribution in [-0.4, -0.2) is 32.4 Å². The molecule has 0 spiro atoms. The first kappa shape index (κ1) is 19.2. The van der Waals surface area contributed by atoms with Crippen LogP contribution in [0.1, 0.15) is 12.5 Å². The van der Waals surface area contributed by atoms with Gasteiger partial charge in [0, 0.05) is 10.9 Å². The summed E-state index contributed by atoms with van der Waals surface area (Å²) in [5.41, 5.74) is 3.17. The van der Waals surface area contributed by atoms with Crippen molar-refractivity contribution in [2.24, 2.45) is 5.10 Å². The molecule has 3 aromatic rings. The second-order valence-corrected chi connectivity index (χ2v) is 5.87. The van der Waals surface area contributed by atoms with Crippen molar-refractivity contribution in [1.82, 2.24) is 5.43 Å². The van der Waals surface area contributed by atoms with E-state index in [1.54, 1.807) is 13.2 Å². The van der Waals surface area contributed by atoms with E-state index in [1.165, 1.54) is 6.21 Å². The Morgan fingerprint density at radius 1 is 1.00 bits per heavy atom. The van der Waals surface area contributed by atoms with Gasteiger partial charge >= 0.3 is 0 Å². The van der Waals surface area contributed by atoms with Crippen LogP contribution in [0.25, 0.3) is 10.8 Å². The molecule has 6 nitrogen and oxygen atoms in total. The molecule has 0 aliphatic heterocycles. The van der Waals surface area contributed by atoms with Gasteiger partial charge in [0.05, 0.1) is 19.9 Å². The molecule has 0 heterocycles. The van der Waals surface area contributed by atoms with Gasteiger partial charge in [-0.3, -0.25) is 4.79 Å².